The van der Waals surface area contributed by atoms with Gasteiger partial charge < -0.3 is 19.8 Å². The maximum atomic E-state index is 12.9. The average Bonchev–Trinajstić information content (AvgIpc) is 3.10. The number of hydrogen-bond donors (Lipinski definition) is 2. The van der Waals surface area contributed by atoms with Crippen molar-refractivity contribution >= 4 is 11.9 Å². The van der Waals surface area contributed by atoms with Crippen LogP contribution in [0.15, 0.2) is 36.4 Å². The van der Waals surface area contributed by atoms with Gasteiger partial charge in [0, 0.05) is 18.7 Å². The van der Waals surface area contributed by atoms with Crippen molar-refractivity contribution in [3.63, 3.8) is 0 Å². The maximum absolute atomic E-state index is 12.9. The van der Waals surface area contributed by atoms with Gasteiger partial charge in [0.1, 0.15) is 17.2 Å². The Morgan fingerprint density at radius 2 is 1.88 bits per heavy atom. The van der Waals surface area contributed by atoms with E-state index >= 15 is 0 Å². The zero-order valence-corrected chi connectivity index (χ0v) is 13.7. The summed E-state index contributed by atoms with van der Waals surface area (Å²) in [5, 5.41) is 18.6. The molecule has 130 valence electrons. The summed E-state index contributed by atoms with van der Waals surface area (Å²) < 4.78 is 5.08. The summed E-state index contributed by atoms with van der Waals surface area (Å²) in [5.74, 6) is -1.11. The number of carbonyl (C=O) groups is 2. The first-order valence-electron chi connectivity index (χ1n) is 7.89. The van der Waals surface area contributed by atoms with Crippen LogP contribution < -0.4 is 4.74 Å². The van der Waals surface area contributed by atoms with Crippen LogP contribution in [-0.4, -0.2) is 45.6 Å². The van der Waals surface area contributed by atoms with Gasteiger partial charge in [-0.05, 0) is 30.5 Å². The minimum Gasteiger partial charge on any atom is -0.508 e. The summed E-state index contributed by atoms with van der Waals surface area (Å²) in [6, 6.07) is 9.34. The quantitative estimate of drug-likeness (QED) is 0.885. The first-order chi connectivity index (χ1) is 12.0. The Balaban J connectivity index is 1.92. The molecular weight excluding hydrogens is 324 g/mol. The minimum absolute atomic E-state index is 0.0439. The molecule has 1 aromatic heterocycles. The van der Waals surface area contributed by atoms with Crippen LogP contribution in [0.2, 0.25) is 0 Å². The van der Waals surface area contributed by atoms with E-state index in [0.717, 1.165) is 18.4 Å². The molecule has 25 heavy (non-hydrogen) atoms. The smallest absolute Gasteiger partial charge is 0.354 e. The van der Waals surface area contributed by atoms with Gasteiger partial charge in [0.15, 0.2) is 5.69 Å². The molecular formula is C18H18N2O5. The van der Waals surface area contributed by atoms with Crippen LogP contribution in [0.1, 0.15) is 45.4 Å². The normalized spacial score (nSPS) is 16.7. The number of phenols is 1. The number of benzene rings is 1. The van der Waals surface area contributed by atoms with Gasteiger partial charge in [0.05, 0.1) is 13.2 Å². The van der Waals surface area contributed by atoms with Crippen LogP contribution in [-0.2, 0) is 0 Å². The Kier molecular flexibility index (Phi) is 4.56. The van der Waals surface area contributed by atoms with Crippen molar-refractivity contribution < 1.29 is 24.5 Å². The zero-order chi connectivity index (χ0) is 18.0. The Morgan fingerprint density at radius 1 is 1.20 bits per heavy atom. The van der Waals surface area contributed by atoms with E-state index in [0.29, 0.717) is 6.54 Å². The van der Waals surface area contributed by atoms with Crippen molar-refractivity contribution in [2.75, 3.05) is 13.7 Å². The average molecular weight is 342 g/mol. The molecule has 7 heteroatoms. The molecule has 1 saturated heterocycles. The van der Waals surface area contributed by atoms with E-state index in [1.165, 1.54) is 19.2 Å². The fourth-order valence-electron chi connectivity index (χ4n) is 3.04. The molecule has 1 aliphatic rings. The third-order valence-electron chi connectivity index (χ3n) is 4.26. The highest BCUT2D eigenvalue weighted by Crippen LogP contribution is 2.34. The number of hydrogen-bond acceptors (Lipinski definition) is 5. The lowest BCUT2D eigenvalue weighted by Gasteiger charge is -2.25. The number of nitrogens with zero attached hydrogens (tertiary/aromatic N) is 2. The van der Waals surface area contributed by atoms with E-state index in [4.69, 9.17) is 9.84 Å². The Morgan fingerprint density at radius 3 is 2.52 bits per heavy atom. The van der Waals surface area contributed by atoms with Gasteiger partial charge in [0.2, 0.25) is 0 Å². The van der Waals surface area contributed by atoms with Crippen LogP contribution in [0.3, 0.4) is 0 Å². The molecule has 1 amide bonds. The summed E-state index contributed by atoms with van der Waals surface area (Å²) in [4.78, 5) is 29.8. The molecule has 0 aliphatic carbocycles. The molecule has 1 fully saturated rings. The molecule has 0 bridgehead atoms. The molecule has 1 aromatic carbocycles. The number of aromatic nitrogens is 1. The second-order valence-electron chi connectivity index (χ2n) is 5.83. The van der Waals surface area contributed by atoms with Gasteiger partial charge in [-0.3, -0.25) is 4.79 Å². The number of amides is 1. The van der Waals surface area contributed by atoms with Crippen LogP contribution in [0.5, 0.6) is 11.5 Å². The second-order valence-corrected chi connectivity index (χ2v) is 5.83. The number of methoxy groups -OCH3 is 1. The first kappa shape index (κ1) is 16.8. The van der Waals surface area contributed by atoms with Gasteiger partial charge in [-0.1, -0.05) is 12.1 Å². The molecule has 2 aromatic rings. The number of rotatable bonds is 4. The number of ether oxygens (including phenoxy) is 1. The fourth-order valence-corrected chi connectivity index (χ4v) is 3.04. The lowest BCUT2D eigenvalue weighted by Crippen LogP contribution is -2.31. The molecule has 7 nitrogen and oxygen atoms in total. The van der Waals surface area contributed by atoms with Crippen LogP contribution in [0.4, 0.5) is 0 Å². The Labute approximate surface area is 144 Å². The first-order valence-corrected chi connectivity index (χ1v) is 7.89. The van der Waals surface area contributed by atoms with Crippen LogP contribution >= 0.6 is 0 Å². The summed E-state index contributed by atoms with van der Waals surface area (Å²) >= 11 is 0. The number of aromatic carboxylic acids is 1. The summed E-state index contributed by atoms with van der Waals surface area (Å²) in [6.07, 6.45) is 1.64. The highest BCUT2D eigenvalue weighted by Gasteiger charge is 2.31. The van der Waals surface area contributed by atoms with Crippen molar-refractivity contribution in [2.45, 2.75) is 18.9 Å². The second kappa shape index (κ2) is 6.80. The molecule has 0 saturated carbocycles. The van der Waals surface area contributed by atoms with E-state index in [-0.39, 0.29) is 34.8 Å². The van der Waals surface area contributed by atoms with E-state index in [9.17, 15) is 14.7 Å². The van der Waals surface area contributed by atoms with Crippen molar-refractivity contribution in [2.24, 2.45) is 0 Å². The van der Waals surface area contributed by atoms with Gasteiger partial charge in [-0.2, -0.15) is 0 Å². The van der Waals surface area contributed by atoms with E-state index in [2.05, 4.69) is 4.98 Å². The largest absolute Gasteiger partial charge is 0.508 e. The van der Waals surface area contributed by atoms with Gasteiger partial charge in [-0.15, -0.1) is 0 Å². The molecule has 3 rings (SSSR count). The Bertz CT molecular complexity index is 804. The van der Waals surface area contributed by atoms with Crippen molar-refractivity contribution in [1.82, 2.24) is 9.88 Å². The Hall–Kier alpha value is -3.09. The monoisotopic (exact) mass is 342 g/mol. The highest BCUT2D eigenvalue weighted by molar-refractivity contribution is 5.95. The molecule has 2 N–H and O–H groups in total. The summed E-state index contributed by atoms with van der Waals surface area (Å²) in [6.45, 7) is 0.561. The number of carboxylic acids is 1. The van der Waals surface area contributed by atoms with Crippen molar-refractivity contribution in [1.29, 1.82) is 0 Å². The molecule has 2 heterocycles. The third kappa shape index (κ3) is 3.40. The number of likely N-dealkylation sites (tertiary alicyclic amines) is 1. The number of phenolic OH excluding ortho intramolecular Hbond substituents is 1. The fraction of sp³-hybridized carbons (Fsp3) is 0.278. The maximum Gasteiger partial charge on any atom is 0.354 e. The summed E-state index contributed by atoms with van der Waals surface area (Å²) in [7, 11) is 1.41. The van der Waals surface area contributed by atoms with Gasteiger partial charge >= 0.3 is 5.97 Å². The molecule has 1 aliphatic heterocycles. The molecule has 0 radical (unpaired) electrons. The number of aromatic hydroxyl groups is 1. The molecule has 1 unspecified atom stereocenters. The van der Waals surface area contributed by atoms with Gasteiger partial charge in [0.25, 0.3) is 5.91 Å². The predicted molar refractivity (Wildman–Crippen MR) is 88.9 cm³/mol. The molecule has 0 spiro atoms. The minimum atomic E-state index is -1.22. The SMILES string of the molecule is COc1cc(C(=O)O)nc(C(=O)N2CCCC2c2ccc(O)cc2)c1. The van der Waals surface area contributed by atoms with Gasteiger partial charge in [-0.25, -0.2) is 9.78 Å². The third-order valence-corrected chi connectivity index (χ3v) is 4.26. The topological polar surface area (TPSA) is 100.0 Å². The standard InChI is InChI=1S/C18H18N2O5/c1-25-13-9-14(19-15(10-13)18(23)24)17(22)20-8-2-3-16(20)11-4-6-12(21)7-5-11/h4-7,9-10,16,21H,2-3,8H2,1H3,(H,23,24). The van der Waals surface area contributed by atoms with Crippen molar-refractivity contribution in [3.05, 3.63) is 53.3 Å². The zero-order valence-electron chi connectivity index (χ0n) is 13.7. The van der Waals surface area contributed by atoms with E-state index in [1.807, 2.05) is 0 Å². The molecule has 1 atom stereocenters. The number of carbonyl (C=O) groups excluding carboxylic acids is 1. The van der Waals surface area contributed by atoms with E-state index in [1.54, 1.807) is 29.2 Å². The lowest BCUT2D eigenvalue weighted by atomic mass is 10.0. The van der Waals surface area contributed by atoms with E-state index < -0.39 is 5.97 Å². The number of pyridine rings is 1. The van der Waals surface area contributed by atoms with Crippen molar-refractivity contribution in [3.8, 4) is 11.5 Å². The lowest BCUT2D eigenvalue weighted by molar-refractivity contribution is 0.0688. The number of carboxylic acid groups (broad SMARTS) is 1. The van der Waals surface area contributed by atoms with Crippen LogP contribution in [0, 0.1) is 0 Å². The highest BCUT2D eigenvalue weighted by atomic mass is 16.5. The predicted octanol–water partition coefficient (Wildman–Crippen LogP) is 2.47. The summed E-state index contributed by atoms with van der Waals surface area (Å²) in [5.41, 5.74) is 0.732. The van der Waals surface area contributed by atoms with Crippen LogP contribution in [0.25, 0.3) is 0 Å².